The third-order valence-electron chi connectivity index (χ3n) is 5.37. The maximum absolute atomic E-state index is 13.6. The Morgan fingerprint density at radius 3 is 2.58 bits per heavy atom. The van der Waals surface area contributed by atoms with Gasteiger partial charge in [-0.25, -0.2) is 0 Å². The number of aryl methyl sites for hydroxylation is 1. The molecule has 3 aromatic carbocycles. The van der Waals surface area contributed by atoms with E-state index in [1.165, 1.54) is 15.9 Å². The molecule has 5 nitrogen and oxygen atoms in total. The van der Waals surface area contributed by atoms with Gasteiger partial charge < -0.3 is 5.32 Å². The van der Waals surface area contributed by atoms with Crippen molar-refractivity contribution in [1.29, 1.82) is 0 Å². The minimum absolute atomic E-state index is 0.146. The van der Waals surface area contributed by atoms with Crippen molar-refractivity contribution < 1.29 is 4.79 Å². The number of thiazole rings is 1. The van der Waals surface area contributed by atoms with E-state index < -0.39 is 0 Å². The first-order chi connectivity index (χ1) is 15.9. The highest BCUT2D eigenvalue weighted by atomic mass is 35.5. The summed E-state index contributed by atoms with van der Waals surface area (Å²) in [4.78, 5) is 27.4. The number of halogens is 1. The third kappa shape index (κ3) is 3.99. The van der Waals surface area contributed by atoms with E-state index >= 15 is 0 Å². The van der Waals surface area contributed by atoms with Gasteiger partial charge in [0.15, 0.2) is 3.95 Å². The van der Waals surface area contributed by atoms with E-state index in [0.29, 0.717) is 31.2 Å². The van der Waals surface area contributed by atoms with Crippen LogP contribution >= 0.6 is 35.2 Å². The molecule has 0 bridgehead atoms. The van der Waals surface area contributed by atoms with Crippen LogP contribution in [-0.2, 0) is 11.3 Å². The predicted octanol–water partition coefficient (Wildman–Crippen LogP) is 6.31. The second kappa shape index (κ2) is 8.59. The molecule has 8 heteroatoms. The molecular weight excluding hydrogens is 474 g/mol. The number of nitrogens with one attached hydrogen (secondary N) is 1. The molecule has 5 rings (SSSR count). The highest BCUT2D eigenvalue weighted by Crippen LogP contribution is 2.33. The van der Waals surface area contributed by atoms with Gasteiger partial charge in [0.25, 0.3) is 5.56 Å². The fraction of sp³-hybridized carbons (Fsp3) is 0.0800. The van der Waals surface area contributed by atoms with Crippen LogP contribution in [0.1, 0.15) is 5.56 Å². The van der Waals surface area contributed by atoms with Crippen molar-refractivity contribution in [3.8, 4) is 10.4 Å². The van der Waals surface area contributed by atoms with Gasteiger partial charge in [-0.2, -0.15) is 0 Å². The van der Waals surface area contributed by atoms with Gasteiger partial charge in [0, 0.05) is 10.7 Å². The highest BCUT2D eigenvalue weighted by Gasteiger charge is 2.20. The van der Waals surface area contributed by atoms with Crippen LogP contribution in [0, 0.1) is 10.9 Å². The molecule has 0 saturated heterocycles. The average Bonchev–Trinajstić information content (AvgIpc) is 3.14. The molecule has 0 aliphatic carbocycles. The third-order valence-corrected chi connectivity index (χ3v) is 7.04. The van der Waals surface area contributed by atoms with Crippen LogP contribution in [0.25, 0.3) is 27.0 Å². The fourth-order valence-corrected chi connectivity index (χ4v) is 5.47. The number of nitrogens with zero attached hydrogens (tertiary/aromatic N) is 2. The lowest BCUT2D eigenvalue weighted by molar-refractivity contribution is -0.116. The van der Waals surface area contributed by atoms with Gasteiger partial charge in [-0.05, 0) is 66.7 Å². The van der Waals surface area contributed by atoms with Crippen LogP contribution in [0.5, 0.6) is 0 Å². The smallest absolute Gasteiger partial charge is 0.262 e. The number of rotatable bonds is 4. The van der Waals surface area contributed by atoms with Crippen LogP contribution in [0.2, 0.25) is 5.02 Å². The summed E-state index contributed by atoms with van der Waals surface area (Å²) in [5.41, 5.74) is 3.66. The molecule has 2 heterocycles. The summed E-state index contributed by atoms with van der Waals surface area (Å²) in [6.45, 7) is 1.81. The Bertz CT molecular complexity index is 1650. The Labute approximate surface area is 203 Å². The summed E-state index contributed by atoms with van der Waals surface area (Å²) in [7, 11) is 0. The van der Waals surface area contributed by atoms with Crippen molar-refractivity contribution in [3.05, 3.63) is 97.7 Å². The molecule has 0 fully saturated rings. The van der Waals surface area contributed by atoms with Crippen LogP contribution in [0.3, 0.4) is 0 Å². The van der Waals surface area contributed by atoms with Crippen LogP contribution < -0.4 is 10.9 Å². The quantitative estimate of drug-likeness (QED) is 0.299. The number of carbonyl (C=O) groups is 1. The zero-order chi connectivity index (χ0) is 23.1. The number of hydrogen-bond acceptors (Lipinski definition) is 4. The highest BCUT2D eigenvalue weighted by molar-refractivity contribution is 7.73. The van der Waals surface area contributed by atoms with E-state index in [1.54, 1.807) is 18.2 Å². The summed E-state index contributed by atoms with van der Waals surface area (Å²) in [5, 5.41) is 4.02. The summed E-state index contributed by atoms with van der Waals surface area (Å²) in [6.07, 6.45) is 0. The maximum atomic E-state index is 13.6. The molecule has 1 amide bonds. The minimum Gasteiger partial charge on any atom is -0.325 e. The Balaban J connectivity index is 1.73. The van der Waals surface area contributed by atoms with Gasteiger partial charge >= 0.3 is 0 Å². The Hall–Kier alpha value is -3.26. The first-order valence-corrected chi connectivity index (χ1v) is 11.8. The topological polar surface area (TPSA) is 55.5 Å². The molecule has 0 radical (unpaired) electrons. The van der Waals surface area contributed by atoms with Crippen LogP contribution in [0.15, 0.2) is 77.6 Å². The number of fused-ring (bicyclic) bond motifs is 3. The lowest BCUT2D eigenvalue weighted by Gasteiger charge is -2.13. The predicted molar refractivity (Wildman–Crippen MR) is 138 cm³/mol. The van der Waals surface area contributed by atoms with Crippen molar-refractivity contribution >= 4 is 63.3 Å². The summed E-state index contributed by atoms with van der Waals surface area (Å²) < 4.78 is 3.98. The number of hydrogen-bond donors (Lipinski definition) is 1. The standard InChI is InChI=1S/C25H18ClN3O2S2/c1-15-5-4-6-18(13-15)27-21(30)14-28-23-22(16-9-11-17(26)12-10-16)33-25(32)29(23)20-8-3-2-7-19(20)24(28)31/h2-13H,14H2,1H3,(H,27,30). The van der Waals surface area contributed by atoms with Gasteiger partial charge in [0.1, 0.15) is 12.2 Å². The summed E-state index contributed by atoms with van der Waals surface area (Å²) in [5.74, 6) is -0.293. The molecule has 1 N–H and O–H groups in total. The second-order valence-electron chi connectivity index (χ2n) is 7.69. The molecule has 2 aromatic heterocycles. The first kappa shape index (κ1) is 21.6. The van der Waals surface area contributed by atoms with Crippen molar-refractivity contribution in [2.24, 2.45) is 0 Å². The lowest BCUT2D eigenvalue weighted by atomic mass is 10.2. The van der Waals surface area contributed by atoms with E-state index in [4.69, 9.17) is 23.8 Å². The van der Waals surface area contributed by atoms with Crippen LogP contribution in [-0.4, -0.2) is 14.9 Å². The second-order valence-corrected chi connectivity index (χ2v) is 9.77. The van der Waals surface area contributed by atoms with Gasteiger partial charge in [-0.15, -0.1) is 11.3 Å². The number of carbonyl (C=O) groups excluding carboxylic acids is 1. The van der Waals surface area contributed by atoms with Gasteiger partial charge in [0.05, 0.1) is 15.8 Å². The number of para-hydroxylation sites is 1. The molecular formula is C25H18ClN3O2S2. The van der Waals surface area contributed by atoms with E-state index in [9.17, 15) is 9.59 Å². The fourth-order valence-electron chi connectivity index (χ4n) is 3.92. The zero-order valence-corrected chi connectivity index (χ0v) is 19.9. The summed E-state index contributed by atoms with van der Waals surface area (Å²) in [6, 6.07) is 22.2. The SMILES string of the molecule is Cc1cccc(NC(=O)Cn2c(=O)c3ccccc3n3c(=S)sc(-c4ccc(Cl)cc4)c23)c1. The van der Waals surface area contributed by atoms with Crippen molar-refractivity contribution in [2.75, 3.05) is 5.32 Å². The minimum atomic E-state index is -0.293. The van der Waals surface area contributed by atoms with Crippen molar-refractivity contribution in [3.63, 3.8) is 0 Å². The van der Waals surface area contributed by atoms with Crippen molar-refractivity contribution in [2.45, 2.75) is 13.5 Å². The number of anilines is 1. The summed E-state index contributed by atoms with van der Waals surface area (Å²) >= 11 is 13.2. The monoisotopic (exact) mass is 491 g/mol. The number of amides is 1. The van der Waals surface area contributed by atoms with Gasteiger partial charge in [0.2, 0.25) is 5.91 Å². The Kier molecular flexibility index (Phi) is 5.62. The maximum Gasteiger partial charge on any atom is 0.262 e. The molecule has 0 unspecified atom stereocenters. The van der Waals surface area contributed by atoms with E-state index in [1.807, 2.05) is 65.9 Å². The van der Waals surface area contributed by atoms with Gasteiger partial charge in [-0.1, -0.05) is 48.0 Å². The largest absolute Gasteiger partial charge is 0.325 e. The first-order valence-electron chi connectivity index (χ1n) is 10.2. The molecule has 33 heavy (non-hydrogen) atoms. The van der Waals surface area contributed by atoms with Crippen molar-refractivity contribution in [1.82, 2.24) is 8.97 Å². The van der Waals surface area contributed by atoms with E-state index in [-0.39, 0.29) is 18.0 Å². The molecule has 0 aliphatic rings. The molecule has 0 saturated carbocycles. The average molecular weight is 492 g/mol. The molecule has 0 aliphatic heterocycles. The molecule has 5 aromatic rings. The Morgan fingerprint density at radius 2 is 1.82 bits per heavy atom. The molecule has 0 atom stereocenters. The Morgan fingerprint density at radius 1 is 1.06 bits per heavy atom. The van der Waals surface area contributed by atoms with Gasteiger partial charge in [-0.3, -0.25) is 18.6 Å². The normalized spacial score (nSPS) is 11.2. The van der Waals surface area contributed by atoms with E-state index in [0.717, 1.165) is 16.0 Å². The van der Waals surface area contributed by atoms with Crippen LogP contribution in [0.4, 0.5) is 5.69 Å². The lowest BCUT2D eigenvalue weighted by Crippen LogP contribution is -2.29. The molecule has 164 valence electrons. The zero-order valence-electron chi connectivity index (χ0n) is 17.5. The van der Waals surface area contributed by atoms with E-state index in [2.05, 4.69) is 5.32 Å². The number of aromatic nitrogens is 2. The molecule has 0 spiro atoms. The number of benzene rings is 3.